The molecule has 400 valence electrons. The van der Waals surface area contributed by atoms with Crippen molar-refractivity contribution in [2.24, 2.45) is 0 Å². The molecule has 0 saturated heterocycles. The van der Waals surface area contributed by atoms with E-state index < -0.39 is 26.5 Å². The summed E-state index contributed by atoms with van der Waals surface area (Å²) in [5.41, 5.74) is 0. The van der Waals surface area contributed by atoms with Gasteiger partial charge in [-0.2, -0.15) is 0 Å². The smallest absolute Gasteiger partial charge is 0.306 e. The minimum absolute atomic E-state index is 0.0325. The molecule has 0 bridgehead atoms. The molecule has 0 heterocycles. The average molecular weight is 980 g/mol. The number of unbranched alkanes of at least 4 members (excludes halogenated alkanes) is 33. The standard InChI is InChI=1S/C58H110NO8P/c1-6-8-10-12-14-16-18-20-22-24-26-27-28-29-30-31-33-34-36-38-40-42-44-46-48-50-57(60)64-54-56(55-66-68(62,63)65-53-52-59(3,4)5)67-58(61)51-49-47-45-43-41-39-37-35-32-25-23-21-19-17-15-13-11-9-7-2/h15,17,21,23,32,35,56H,6-14,16,18-20,22,24-31,33-34,36-55H2,1-5H3/b17-15-,23-21-,35-32-. The summed E-state index contributed by atoms with van der Waals surface area (Å²) >= 11 is 0. The fraction of sp³-hybridized carbons (Fsp3) is 0.862. The third-order valence-electron chi connectivity index (χ3n) is 12.7. The average Bonchev–Trinajstić information content (AvgIpc) is 3.30. The van der Waals surface area contributed by atoms with Crippen LogP contribution >= 0.6 is 7.82 Å². The minimum atomic E-state index is -4.64. The van der Waals surface area contributed by atoms with E-state index in [-0.39, 0.29) is 32.0 Å². The van der Waals surface area contributed by atoms with E-state index in [4.69, 9.17) is 18.5 Å². The molecule has 0 aromatic rings. The number of nitrogens with zero attached hydrogens (tertiary/aromatic N) is 1. The van der Waals surface area contributed by atoms with Gasteiger partial charge >= 0.3 is 11.9 Å². The molecule has 68 heavy (non-hydrogen) atoms. The quantitative estimate of drug-likeness (QED) is 0.0195. The number of rotatable bonds is 53. The lowest BCUT2D eigenvalue weighted by Crippen LogP contribution is -2.37. The number of phosphoric ester groups is 1. The van der Waals surface area contributed by atoms with Crippen molar-refractivity contribution in [3.05, 3.63) is 36.5 Å². The Bertz CT molecular complexity index is 1250. The molecule has 0 amide bonds. The van der Waals surface area contributed by atoms with Crippen LogP contribution in [0.3, 0.4) is 0 Å². The van der Waals surface area contributed by atoms with Crippen molar-refractivity contribution in [1.82, 2.24) is 0 Å². The molecule has 0 N–H and O–H groups in total. The van der Waals surface area contributed by atoms with Gasteiger partial charge in [0.1, 0.15) is 19.8 Å². The van der Waals surface area contributed by atoms with Gasteiger partial charge in [0.05, 0.1) is 27.7 Å². The van der Waals surface area contributed by atoms with E-state index >= 15 is 0 Å². The number of allylic oxidation sites excluding steroid dienone is 6. The number of likely N-dealkylation sites (N-methyl/N-ethyl adjacent to an activating group) is 1. The van der Waals surface area contributed by atoms with Crippen LogP contribution in [0.25, 0.3) is 0 Å². The summed E-state index contributed by atoms with van der Waals surface area (Å²) in [4.78, 5) is 37.8. The van der Waals surface area contributed by atoms with E-state index in [1.165, 1.54) is 167 Å². The van der Waals surface area contributed by atoms with Gasteiger partial charge in [-0.1, -0.05) is 243 Å². The van der Waals surface area contributed by atoms with Crippen molar-refractivity contribution < 1.29 is 42.1 Å². The highest BCUT2D eigenvalue weighted by Crippen LogP contribution is 2.38. The number of hydrogen-bond acceptors (Lipinski definition) is 8. The van der Waals surface area contributed by atoms with Gasteiger partial charge in [-0.05, 0) is 51.4 Å². The lowest BCUT2D eigenvalue weighted by molar-refractivity contribution is -0.870. The molecule has 0 radical (unpaired) electrons. The van der Waals surface area contributed by atoms with Crippen molar-refractivity contribution in [3.8, 4) is 0 Å². The van der Waals surface area contributed by atoms with E-state index in [0.29, 0.717) is 17.4 Å². The molecule has 10 heteroatoms. The lowest BCUT2D eigenvalue weighted by atomic mass is 10.0. The Morgan fingerprint density at radius 2 is 0.794 bits per heavy atom. The summed E-state index contributed by atoms with van der Waals surface area (Å²) in [5, 5.41) is 0. The molecule has 2 unspecified atom stereocenters. The second-order valence-electron chi connectivity index (χ2n) is 20.7. The first kappa shape index (κ1) is 66.2. The number of hydrogen-bond donors (Lipinski definition) is 0. The van der Waals surface area contributed by atoms with Crippen molar-refractivity contribution in [1.29, 1.82) is 0 Å². The van der Waals surface area contributed by atoms with Crippen molar-refractivity contribution in [2.45, 2.75) is 277 Å². The SMILES string of the molecule is CCCCC/C=C\C/C=C\C/C=C\CCCCCCCCC(=O)OC(COC(=O)CCCCCCCCCCCCCCCCCCCCCCCCCCC)COP(=O)([O-])OCC[N+](C)(C)C. The maximum atomic E-state index is 12.8. The molecule has 0 aliphatic rings. The van der Waals surface area contributed by atoms with Gasteiger partial charge in [-0.25, -0.2) is 0 Å². The Morgan fingerprint density at radius 3 is 1.21 bits per heavy atom. The number of quaternary nitrogens is 1. The molecule has 0 rings (SSSR count). The highest BCUT2D eigenvalue weighted by molar-refractivity contribution is 7.45. The highest BCUT2D eigenvalue weighted by Gasteiger charge is 2.22. The first-order valence-electron chi connectivity index (χ1n) is 28.7. The molecule has 0 aliphatic carbocycles. The van der Waals surface area contributed by atoms with E-state index in [0.717, 1.165) is 70.6 Å². The van der Waals surface area contributed by atoms with Gasteiger partial charge in [0, 0.05) is 12.8 Å². The summed E-state index contributed by atoms with van der Waals surface area (Å²) in [5.74, 6) is -0.836. The zero-order valence-corrected chi connectivity index (χ0v) is 46.2. The predicted octanol–water partition coefficient (Wildman–Crippen LogP) is 17.0. The van der Waals surface area contributed by atoms with Crippen LogP contribution in [-0.2, 0) is 32.7 Å². The molecular weight excluding hydrogens is 870 g/mol. The van der Waals surface area contributed by atoms with Gasteiger partial charge in [0.15, 0.2) is 6.10 Å². The van der Waals surface area contributed by atoms with Crippen molar-refractivity contribution >= 4 is 19.8 Å². The normalized spacial score (nSPS) is 13.6. The van der Waals surface area contributed by atoms with Crippen molar-refractivity contribution in [2.75, 3.05) is 47.5 Å². The number of carbonyl (C=O) groups excluding carboxylic acids is 2. The molecular formula is C58H110NO8P. The van der Waals surface area contributed by atoms with Crippen LogP contribution in [0, 0.1) is 0 Å². The Kier molecular flexibility index (Phi) is 48.9. The van der Waals surface area contributed by atoms with Crippen LogP contribution in [0.1, 0.15) is 271 Å². The Labute approximate surface area is 421 Å². The summed E-state index contributed by atoms with van der Waals surface area (Å²) < 4.78 is 34.1. The van der Waals surface area contributed by atoms with Gasteiger partial charge in [-0.3, -0.25) is 14.2 Å². The minimum Gasteiger partial charge on any atom is -0.756 e. The Morgan fingerprint density at radius 1 is 0.456 bits per heavy atom. The van der Waals surface area contributed by atoms with E-state index in [1.807, 2.05) is 21.1 Å². The monoisotopic (exact) mass is 980 g/mol. The molecule has 0 aromatic heterocycles. The van der Waals surface area contributed by atoms with Crippen LogP contribution in [0.5, 0.6) is 0 Å². The van der Waals surface area contributed by atoms with Gasteiger partial charge < -0.3 is 27.9 Å². The fourth-order valence-corrected chi connectivity index (χ4v) is 8.92. The van der Waals surface area contributed by atoms with Crippen LogP contribution in [0.15, 0.2) is 36.5 Å². The molecule has 9 nitrogen and oxygen atoms in total. The molecule has 0 spiro atoms. The van der Waals surface area contributed by atoms with E-state index in [1.54, 1.807) is 0 Å². The van der Waals surface area contributed by atoms with Crippen LogP contribution < -0.4 is 4.89 Å². The summed E-state index contributed by atoms with van der Waals surface area (Å²) in [7, 11) is 1.16. The second-order valence-corrected chi connectivity index (χ2v) is 22.1. The molecule has 0 saturated carbocycles. The summed E-state index contributed by atoms with van der Waals surface area (Å²) in [6, 6.07) is 0. The number of carbonyl (C=O) groups is 2. The maximum Gasteiger partial charge on any atom is 0.306 e. The highest BCUT2D eigenvalue weighted by atomic mass is 31.2. The van der Waals surface area contributed by atoms with Gasteiger partial charge in [0.2, 0.25) is 0 Å². The number of esters is 2. The van der Waals surface area contributed by atoms with Crippen molar-refractivity contribution in [3.63, 3.8) is 0 Å². The summed E-state index contributed by atoms with van der Waals surface area (Å²) in [6.45, 7) is 4.24. The Balaban J connectivity index is 4.14. The first-order chi connectivity index (χ1) is 33.0. The summed E-state index contributed by atoms with van der Waals surface area (Å²) in [6.07, 6.45) is 60.4. The first-order valence-corrected chi connectivity index (χ1v) is 30.2. The second kappa shape index (κ2) is 50.2. The van der Waals surface area contributed by atoms with E-state index in [9.17, 15) is 19.0 Å². The van der Waals surface area contributed by atoms with Gasteiger partial charge in [-0.15, -0.1) is 0 Å². The molecule has 0 fully saturated rings. The topological polar surface area (TPSA) is 111 Å². The van der Waals surface area contributed by atoms with E-state index in [2.05, 4.69) is 50.3 Å². The number of phosphoric acid groups is 1. The third kappa shape index (κ3) is 53.6. The maximum absolute atomic E-state index is 12.8. The zero-order valence-electron chi connectivity index (χ0n) is 45.3. The molecule has 2 atom stereocenters. The molecule has 0 aliphatic heterocycles. The van der Waals surface area contributed by atoms with Crippen LogP contribution in [0.2, 0.25) is 0 Å². The van der Waals surface area contributed by atoms with Crippen LogP contribution in [0.4, 0.5) is 0 Å². The zero-order chi connectivity index (χ0) is 49.9. The van der Waals surface area contributed by atoms with Crippen LogP contribution in [-0.4, -0.2) is 70.0 Å². The Hall–Kier alpha value is -1.77. The lowest BCUT2D eigenvalue weighted by Gasteiger charge is -2.28. The largest absolute Gasteiger partial charge is 0.756 e. The molecule has 0 aromatic carbocycles. The van der Waals surface area contributed by atoms with Gasteiger partial charge in [0.25, 0.3) is 7.82 Å². The predicted molar refractivity (Wildman–Crippen MR) is 287 cm³/mol. The number of ether oxygens (including phenoxy) is 2. The third-order valence-corrected chi connectivity index (χ3v) is 13.6. The fourth-order valence-electron chi connectivity index (χ4n) is 8.19.